The molecule has 0 saturated heterocycles. The second kappa shape index (κ2) is 3.80. The van der Waals surface area contributed by atoms with Crippen molar-refractivity contribution in [1.82, 2.24) is 14.3 Å². The normalized spacial score (nSPS) is 10.4. The van der Waals surface area contributed by atoms with Crippen molar-refractivity contribution in [2.24, 2.45) is 7.05 Å². The van der Waals surface area contributed by atoms with Crippen molar-refractivity contribution in [3.05, 3.63) is 40.6 Å². The molecular weight excluding hydrogens is 211 g/mol. The molecule has 0 aliphatic rings. The van der Waals surface area contributed by atoms with Crippen LogP contribution in [0.4, 0.5) is 10.3 Å². The standard InChI is InChI=1S/C10H11FN4O/c1-12-9-13-14(2)10(16)15(9)8-5-3-4-7(11)6-8/h3-6H,1-2H3,(H,12,13). The van der Waals surface area contributed by atoms with Crippen LogP contribution in [0.25, 0.3) is 5.69 Å². The summed E-state index contributed by atoms with van der Waals surface area (Å²) in [5, 5.41) is 6.75. The van der Waals surface area contributed by atoms with Gasteiger partial charge in [0.25, 0.3) is 0 Å². The lowest BCUT2D eigenvalue weighted by Crippen LogP contribution is -2.21. The Morgan fingerprint density at radius 1 is 1.44 bits per heavy atom. The van der Waals surface area contributed by atoms with Gasteiger partial charge in [0.15, 0.2) is 0 Å². The van der Waals surface area contributed by atoms with E-state index < -0.39 is 5.82 Å². The summed E-state index contributed by atoms with van der Waals surface area (Å²) in [4.78, 5) is 11.8. The molecule has 0 saturated carbocycles. The minimum Gasteiger partial charge on any atom is -0.357 e. The summed E-state index contributed by atoms with van der Waals surface area (Å²) in [7, 11) is 3.19. The lowest BCUT2D eigenvalue weighted by atomic mass is 10.3. The van der Waals surface area contributed by atoms with Gasteiger partial charge in [0.1, 0.15) is 5.82 Å². The quantitative estimate of drug-likeness (QED) is 0.815. The van der Waals surface area contributed by atoms with E-state index >= 15 is 0 Å². The molecule has 2 rings (SSSR count). The van der Waals surface area contributed by atoms with Gasteiger partial charge in [0, 0.05) is 14.1 Å². The molecule has 6 heteroatoms. The first-order chi connectivity index (χ1) is 7.63. The number of hydrogen-bond acceptors (Lipinski definition) is 3. The zero-order valence-electron chi connectivity index (χ0n) is 8.94. The van der Waals surface area contributed by atoms with E-state index in [-0.39, 0.29) is 5.69 Å². The zero-order valence-corrected chi connectivity index (χ0v) is 8.94. The fraction of sp³-hybridized carbons (Fsp3) is 0.200. The first kappa shape index (κ1) is 10.4. The number of anilines is 1. The summed E-state index contributed by atoms with van der Waals surface area (Å²) in [5.41, 5.74) is 0.123. The molecule has 0 atom stereocenters. The lowest BCUT2D eigenvalue weighted by Gasteiger charge is -2.04. The largest absolute Gasteiger partial charge is 0.357 e. The number of nitrogens with one attached hydrogen (secondary N) is 1. The maximum Gasteiger partial charge on any atom is 0.351 e. The number of halogens is 1. The highest BCUT2D eigenvalue weighted by atomic mass is 19.1. The summed E-state index contributed by atoms with van der Waals surface area (Å²) in [5.74, 6) is -0.0200. The van der Waals surface area contributed by atoms with Crippen LogP contribution in [0.15, 0.2) is 29.1 Å². The number of hydrogen-bond donors (Lipinski definition) is 1. The van der Waals surface area contributed by atoms with Crippen LogP contribution in [0, 0.1) is 5.82 Å². The fourth-order valence-electron chi connectivity index (χ4n) is 1.47. The molecule has 16 heavy (non-hydrogen) atoms. The molecule has 0 spiro atoms. The van der Waals surface area contributed by atoms with E-state index in [1.807, 2.05) is 0 Å². The van der Waals surface area contributed by atoms with E-state index in [1.54, 1.807) is 26.2 Å². The number of benzene rings is 1. The molecule has 0 unspecified atom stereocenters. The summed E-state index contributed by atoms with van der Waals surface area (Å²) in [6.07, 6.45) is 0. The Hall–Kier alpha value is -2.11. The summed E-state index contributed by atoms with van der Waals surface area (Å²) < 4.78 is 15.6. The zero-order chi connectivity index (χ0) is 11.7. The molecule has 0 amide bonds. The van der Waals surface area contributed by atoms with Crippen LogP contribution >= 0.6 is 0 Å². The van der Waals surface area contributed by atoms with E-state index in [4.69, 9.17) is 0 Å². The van der Waals surface area contributed by atoms with E-state index in [0.717, 1.165) is 0 Å². The Morgan fingerprint density at radius 3 is 2.81 bits per heavy atom. The third-order valence-corrected chi connectivity index (χ3v) is 2.21. The Kier molecular flexibility index (Phi) is 2.47. The molecule has 1 heterocycles. The first-order valence-corrected chi connectivity index (χ1v) is 4.73. The SMILES string of the molecule is CNc1nn(C)c(=O)n1-c1cccc(F)c1. The molecule has 84 valence electrons. The van der Waals surface area contributed by atoms with Gasteiger partial charge in [-0.2, -0.15) is 0 Å². The Morgan fingerprint density at radius 2 is 2.19 bits per heavy atom. The van der Waals surface area contributed by atoms with Gasteiger partial charge in [-0.15, -0.1) is 5.10 Å². The number of nitrogens with zero attached hydrogens (tertiary/aromatic N) is 3. The van der Waals surface area contributed by atoms with Crippen molar-refractivity contribution >= 4 is 5.95 Å². The highest BCUT2D eigenvalue weighted by Crippen LogP contribution is 2.11. The van der Waals surface area contributed by atoms with Crippen LogP contribution in [-0.4, -0.2) is 21.4 Å². The van der Waals surface area contributed by atoms with Crippen molar-refractivity contribution in [1.29, 1.82) is 0 Å². The molecule has 1 N–H and O–H groups in total. The smallest absolute Gasteiger partial charge is 0.351 e. The van der Waals surface area contributed by atoms with Crippen LogP contribution in [-0.2, 0) is 7.05 Å². The number of aryl methyl sites for hydroxylation is 1. The maximum atomic E-state index is 13.1. The molecule has 5 nitrogen and oxygen atoms in total. The minimum atomic E-state index is -0.393. The molecule has 0 bridgehead atoms. The topological polar surface area (TPSA) is 51.9 Å². The van der Waals surface area contributed by atoms with E-state index in [0.29, 0.717) is 11.6 Å². The van der Waals surface area contributed by atoms with Gasteiger partial charge < -0.3 is 5.32 Å². The Labute approximate surface area is 91.1 Å². The van der Waals surface area contributed by atoms with E-state index in [1.165, 1.54) is 21.4 Å². The summed E-state index contributed by atoms with van der Waals surface area (Å²) in [6, 6.07) is 5.80. The maximum absolute atomic E-state index is 13.1. The first-order valence-electron chi connectivity index (χ1n) is 4.73. The average Bonchev–Trinajstić information content (AvgIpc) is 2.55. The van der Waals surface area contributed by atoms with Gasteiger partial charge in [-0.25, -0.2) is 18.4 Å². The molecule has 2 aromatic rings. The molecule has 0 fully saturated rings. The predicted octanol–water partition coefficient (Wildman–Crippen LogP) is 0.752. The van der Waals surface area contributed by atoms with Crippen LogP contribution in [0.1, 0.15) is 0 Å². The van der Waals surface area contributed by atoms with Crippen molar-refractivity contribution < 1.29 is 4.39 Å². The molecule has 1 aromatic heterocycles. The van der Waals surface area contributed by atoms with E-state index in [9.17, 15) is 9.18 Å². The third-order valence-electron chi connectivity index (χ3n) is 2.21. The molecule has 0 aliphatic heterocycles. The lowest BCUT2D eigenvalue weighted by molar-refractivity contribution is 0.626. The molecule has 0 aliphatic carbocycles. The van der Waals surface area contributed by atoms with Crippen LogP contribution in [0.5, 0.6) is 0 Å². The molecule has 0 radical (unpaired) electrons. The Bertz CT molecular complexity index is 572. The van der Waals surface area contributed by atoms with Gasteiger partial charge in [-0.3, -0.25) is 0 Å². The second-order valence-electron chi connectivity index (χ2n) is 3.30. The number of aromatic nitrogens is 3. The predicted molar refractivity (Wildman–Crippen MR) is 58.3 cm³/mol. The van der Waals surface area contributed by atoms with Crippen LogP contribution in [0.2, 0.25) is 0 Å². The molecule has 1 aromatic carbocycles. The summed E-state index contributed by atoms with van der Waals surface area (Å²) >= 11 is 0. The van der Waals surface area contributed by atoms with Crippen LogP contribution < -0.4 is 11.0 Å². The van der Waals surface area contributed by atoms with Crippen molar-refractivity contribution in [2.45, 2.75) is 0 Å². The number of rotatable bonds is 2. The monoisotopic (exact) mass is 222 g/mol. The highest BCUT2D eigenvalue weighted by molar-refractivity contribution is 5.40. The van der Waals surface area contributed by atoms with E-state index in [2.05, 4.69) is 10.4 Å². The van der Waals surface area contributed by atoms with Gasteiger partial charge in [-0.05, 0) is 18.2 Å². The van der Waals surface area contributed by atoms with Crippen molar-refractivity contribution in [3.63, 3.8) is 0 Å². The third kappa shape index (κ3) is 1.58. The minimum absolute atomic E-state index is 0.324. The fourth-order valence-corrected chi connectivity index (χ4v) is 1.47. The highest BCUT2D eigenvalue weighted by Gasteiger charge is 2.11. The van der Waals surface area contributed by atoms with Gasteiger partial charge in [0.2, 0.25) is 5.95 Å². The van der Waals surface area contributed by atoms with Crippen molar-refractivity contribution in [2.75, 3.05) is 12.4 Å². The van der Waals surface area contributed by atoms with Gasteiger partial charge >= 0.3 is 5.69 Å². The van der Waals surface area contributed by atoms with Crippen molar-refractivity contribution in [3.8, 4) is 5.69 Å². The summed E-state index contributed by atoms with van der Waals surface area (Å²) in [6.45, 7) is 0. The van der Waals surface area contributed by atoms with Crippen LogP contribution in [0.3, 0.4) is 0 Å². The van der Waals surface area contributed by atoms with Gasteiger partial charge in [0.05, 0.1) is 5.69 Å². The second-order valence-corrected chi connectivity index (χ2v) is 3.30. The molecular formula is C10H11FN4O. The Balaban J connectivity index is 2.68. The average molecular weight is 222 g/mol. The van der Waals surface area contributed by atoms with Gasteiger partial charge in [-0.1, -0.05) is 6.07 Å².